The number of hydrogen-bond acceptors (Lipinski definition) is 5. The van der Waals surface area contributed by atoms with Crippen LogP contribution in [-0.2, 0) is 23.4 Å². The minimum absolute atomic E-state index is 0.0702. The van der Waals surface area contributed by atoms with Crippen molar-refractivity contribution in [2.24, 2.45) is 0 Å². The topological polar surface area (TPSA) is 64.4 Å². The maximum Gasteiger partial charge on any atom is 0.267 e. The molecule has 3 rings (SSSR count). The number of anilines is 1. The van der Waals surface area contributed by atoms with Gasteiger partial charge in [-0.1, -0.05) is 32.9 Å². The quantitative estimate of drug-likeness (QED) is 0.625. The lowest BCUT2D eigenvalue weighted by Gasteiger charge is -2.13. The van der Waals surface area contributed by atoms with Crippen molar-refractivity contribution in [1.29, 1.82) is 0 Å². The third-order valence-electron chi connectivity index (χ3n) is 3.92. The molecule has 0 bridgehead atoms. The van der Waals surface area contributed by atoms with Crippen LogP contribution in [0.4, 0.5) is 5.69 Å². The molecule has 1 aromatic carbocycles. The monoisotopic (exact) mass is 384 g/mol. The maximum absolute atomic E-state index is 12.7. The van der Waals surface area contributed by atoms with E-state index in [1.807, 2.05) is 43.3 Å². The number of thiazole rings is 1. The van der Waals surface area contributed by atoms with Crippen LogP contribution in [0.25, 0.3) is 0 Å². The Bertz CT molecular complexity index is 908. The van der Waals surface area contributed by atoms with Crippen molar-refractivity contribution in [2.75, 3.05) is 5.32 Å². The van der Waals surface area contributed by atoms with Crippen LogP contribution < -0.4 is 5.32 Å². The molecule has 1 amide bonds. The Hall–Kier alpha value is -2.44. The van der Waals surface area contributed by atoms with Gasteiger partial charge in [-0.25, -0.2) is 4.98 Å². The highest BCUT2D eigenvalue weighted by Gasteiger charge is 2.23. The van der Waals surface area contributed by atoms with Crippen LogP contribution in [0.3, 0.4) is 0 Å². The van der Waals surface area contributed by atoms with E-state index >= 15 is 0 Å². The molecule has 1 N–H and O–H groups in total. The normalized spacial score (nSPS) is 11.6. The van der Waals surface area contributed by atoms with E-state index in [9.17, 15) is 4.79 Å². The van der Waals surface area contributed by atoms with Crippen molar-refractivity contribution in [2.45, 2.75) is 46.3 Å². The number of benzene rings is 1. The van der Waals surface area contributed by atoms with Crippen LogP contribution in [0, 0.1) is 6.92 Å². The van der Waals surface area contributed by atoms with Gasteiger partial charge in [-0.2, -0.15) is 0 Å². The molecule has 0 aliphatic heterocycles. The molecular weight excluding hydrogens is 360 g/mol. The van der Waals surface area contributed by atoms with Gasteiger partial charge in [0.2, 0.25) is 0 Å². The minimum atomic E-state index is -0.130. The van der Waals surface area contributed by atoms with Gasteiger partial charge in [0.05, 0.1) is 23.6 Å². The van der Waals surface area contributed by atoms with Crippen molar-refractivity contribution in [3.63, 3.8) is 0 Å². The summed E-state index contributed by atoms with van der Waals surface area (Å²) in [5.74, 6) is 0.656. The fourth-order valence-electron chi connectivity index (χ4n) is 2.52. The Morgan fingerprint density at radius 2 is 2.04 bits per heavy atom. The van der Waals surface area contributed by atoms with Gasteiger partial charge in [-0.15, -0.1) is 11.3 Å². The number of carbonyl (C=O) groups is 1. The van der Waals surface area contributed by atoms with Crippen molar-refractivity contribution in [3.05, 3.63) is 69.6 Å². The molecule has 2 aromatic heterocycles. The molecule has 0 fully saturated rings. The number of aromatic nitrogens is 1. The molecule has 0 spiro atoms. The second-order valence-electron chi connectivity index (χ2n) is 7.41. The maximum atomic E-state index is 12.7. The third-order valence-corrected chi connectivity index (χ3v) is 5.50. The van der Waals surface area contributed by atoms with Gasteiger partial charge in [0.25, 0.3) is 5.91 Å². The summed E-state index contributed by atoms with van der Waals surface area (Å²) < 4.78 is 10.9. The van der Waals surface area contributed by atoms with E-state index in [4.69, 9.17) is 9.15 Å². The first-order chi connectivity index (χ1) is 12.8. The summed E-state index contributed by atoms with van der Waals surface area (Å²) in [5.41, 5.74) is 2.42. The Labute approximate surface area is 163 Å². The van der Waals surface area contributed by atoms with Crippen molar-refractivity contribution >= 4 is 22.9 Å². The molecule has 0 atom stereocenters. The molecule has 142 valence electrons. The lowest BCUT2D eigenvalue weighted by atomic mass is 9.98. The van der Waals surface area contributed by atoms with Gasteiger partial charge in [0.1, 0.15) is 17.2 Å². The van der Waals surface area contributed by atoms with E-state index in [0.29, 0.717) is 18.1 Å². The minimum Gasteiger partial charge on any atom is -0.467 e. The zero-order valence-corrected chi connectivity index (χ0v) is 16.9. The Kier molecular flexibility index (Phi) is 5.77. The number of nitrogens with one attached hydrogen (secondary N) is 1. The number of hydrogen-bond donors (Lipinski definition) is 1. The van der Waals surface area contributed by atoms with Crippen molar-refractivity contribution in [3.8, 4) is 0 Å². The number of aryl methyl sites for hydroxylation is 1. The summed E-state index contributed by atoms with van der Waals surface area (Å²) in [6, 6.07) is 11.4. The third kappa shape index (κ3) is 5.05. The predicted octanol–water partition coefficient (Wildman–Crippen LogP) is 5.31. The summed E-state index contributed by atoms with van der Waals surface area (Å²) in [6.07, 6.45) is 1.63. The van der Waals surface area contributed by atoms with E-state index in [1.54, 1.807) is 6.26 Å². The fourth-order valence-corrected chi connectivity index (χ4v) is 3.54. The molecule has 6 heteroatoms. The first-order valence-corrected chi connectivity index (χ1v) is 9.63. The van der Waals surface area contributed by atoms with Crippen LogP contribution >= 0.6 is 11.3 Å². The molecule has 27 heavy (non-hydrogen) atoms. The van der Waals surface area contributed by atoms with Gasteiger partial charge in [0, 0.05) is 11.1 Å². The smallest absolute Gasteiger partial charge is 0.267 e. The summed E-state index contributed by atoms with van der Waals surface area (Å²) in [4.78, 5) is 17.9. The summed E-state index contributed by atoms with van der Waals surface area (Å²) >= 11 is 1.45. The van der Waals surface area contributed by atoms with E-state index in [2.05, 4.69) is 31.1 Å². The molecule has 0 unspecified atom stereocenters. The van der Waals surface area contributed by atoms with Crippen LogP contribution in [0.15, 0.2) is 47.1 Å². The first-order valence-electron chi connectivity index (χ1n) is 8.81. The number of rotatable bonds is 6. The summed E-state index contributed by atoms with van der Waals surface area (Å²) in [6.45, 7) is 9.02. The van der Waals surface area contributed by atoms with Crippen LogP contribution in [0.1, 0.15) is 52.5 Å². The highest BCUT2D eigenvalue weighted by Crippen LogP contribution is 2.29. The van der Waals surface area contributed by atoms with Gasteiger partial charge in [0.15, 0.2) is 0 Å². The lowest BCUT2D eigenvalue weighted by molar-refractivity contribution is 0.0929. The average molecular weight is 385 g/mol. The van der Waals surface area contributed by atoms with Gasteiger partial charge in [-0.05, 0) is 36.8 Å². The van der Waals surface area contributed by atoms with E-state index in [0.717, 1.165) is 27.7 Å². The number of amides is 1. The van der Waals surface area contributed by atoms with Gasteiger partial charge >= 0.3 is 0 Å². The predicted molar refractivity (Wildman–Crippen MR) is 107 cm³/mol. The van der Waals surface area contributed by atoms with Crippen molar-refractivity contribution in [1.82, 2.24) is 4.98 Å². The number of ether oxygens (including phenoxy) is 1. The van der Waals surface area contributed by atoms with E-state index in [-0.39, 0.29) is 11.3 Å². The zero-order chi connectivity index (χ0) is 19.4. The van der Waals surface area contributed by atoms with Crippen LogP contribution in [0.5, 0.6) is 0 Å². The number of nitrogens with zero attached hydrogens (tertiary/aromatic N) is 1. The second kappa shape index (κ2) is 8.06. The number of furan rings is 1. The number of carbonyl (C=O) groups excluding carboxylic acids is 1. The average Bonchev–Trinajstić information content (AvgIpc) is 3.24. The largest absolute Gasteiger partial charge is 0.467 e. The van der Waals surface area contributed by atoms with E-state index < -0.39 is 0 Å². The van der Waals surface area contributed by atoms with Crippen LogP contribution in [0.2, 0.25) is 0 Å². The SMILES string of the molecule is Cc1nc(C(C)(C)C)sc1C(=O)Nc1cccc(COCc2ccco2)c1. The molecule has 0 saturated heterocycles. The molecule has 3 aromatic rings. The highest BCUT2D eigenvalue weighted by atomic mass is 32.1. The fraction of sp³-hybridized carbons (Fsp3) is 0.333. The van der Waals surface area contributed by atoms with Crippen LogP contribution in [-0.4, -0.2) is 10.9 Å². The second-order valence-corrected chi connectivity index (χ2v) is 8.41. The van der Waals surface area contributed by atoms with Gasteiger partial charge < -0.3 is 14.5 Å². The Morgan fingerprint density at radius 3 is 2.70 bits per heavy atom. The standard InChI is InChI=1S/C21H24N2O3S/c1-14-18(27-20(22-14)21(2,3)4)19(24)23-16-8-5-7-15(11-16)12-25-13-17-9-6-10-26-17/h5-11H,12-13H2,1-4H3,(H,23,24). The van der Waals surface area contributed by atoms with Gasteiger partial charge in [-0.3, -0.25) is 4.79 Å². The van der Waals surface area contributed by atoms with Crippen molar-refractivity contribution < 1.29 is 13.9 Å². The highest BCUT2D eigenvalue weighted by molar-refractivity contribution is 7.14. The summed E-state index contributed by atoms with van der Waals surface area (Å²) in [5, 5.41) is 3.93. The summed E-state index contributed by atoms with van der Waals surface area (Å²) in [7, 11) is 0. The molecule has 5 nitrogen and oxygen atoms in total. The molecule has 0 radical (unpaired) electrons. The first kappa shape index (κ1) is 19.3. The van der Waals surface area contributed by atoms with E-state index in [1.165, 1.54) is 11.3 Å². The molecular formula is C21H24N2O3S. The Morgan fingerprint density at radius 1 is 1.22 bits per heavy atom. The lowest BCUT2D eigenvalue weighted by Crippen LogP contribution is -2.11. The molecule has 0 aliphatic rings. The Balaban J connectivity index is 1.63. The molecule has 0 saturated carbocycles. The molecule has 2 heterocycles. The zero-order valence-electron chi connectivity index (χ0n) is 16.0. The molecule has 0 aliphatic carbocycles.